The number of ether oxygens (including phenoxy) is 1. The number of hydrogen-bond acceptors (Lipinski definition) is 10. The summed E-state index contributed by atoms with van der Waals surface area (Å²) in [4.78, 5) is 47.0. The fourth-order valence-electron chi connectivity index (χ4n) is 7.59. The Labute approximate surface area is 284 Å². The van der Waals surface area contributed by atoms with Gasteiger partial charge in [-0.05, 0) is 55.0 Å². The number of aliphatic hydroxyl groups excluding tert-OH is 1. The Balaban J connectivity index is 1.04. The number of carbonyl (C=O) groups excluding carboxylic acids is 1. The van der Waals surface area contributed by atoms with Gasteiger partial charge < -0.3 is 29.2 Å². The number of aryl methyl sites for hydroxylation is 2. The second-order valence-electron chi connectivity index (χ2n) is 13.1. The number of nitrogens with zero attached hydrogens (tertiary/aromatic N) is 8. The first kappa shape index (κ1) is 31.3. The smallest absolute Gasteiger partial charge is 0.276 e. The number of fused-ring (bicyclic) bond motifs is 3. The van der Waals surface area contributed by atoms with Gasteiger partial charge in [0.2, 0.25) is 0 Å². The molecule has 49 heavy (non-hydrogen) atoms. The van der Waals surface area contributed by atoms with Crippen molar-refractivity contribution in [1.29, 1.82) is 0 Å². The van der Waals surface area contributed by atoms with E-state index in [1.165, 1.54) is 15.8 Å². The van der Waals surface area contributed by atoms with Crippen molar-refractivity contribution in [2.24, 2.45) is 7.05 Å². The number of amides is 1. The highest BCUT2D eigenvalue weighted by atomic mass is 16.5. The van der Waals surface area contributed by atoms with E-state index in [9.17, 15) is 14.7 Å². The molecule has 4 aliphatic rings. The van der Waals surface area contributed by atoms with Crippen molar-refractivity contribution in [3.63, 3.8) is 0 Å². The van der Waals surface area contributed by atoms with Crippen molar-refractivity contribution in [2.45, 2.75) is 50.9 Å². The molecular formula is C36H39N9O4. The summed E-state index contributed by atoms with van der Waals surface area (Å²) in [5, 5.41) is 13.8. The number of anilines is 4. The Morgan fingerprint density at radius 3 is 2.67 bits per heavy atom. The molecule has 13 heteroatoms. The lowest BCUT2D eigenvalue weighted by atomic mass is 9.98. The minimum Gasteiger partial charge on any atom is -0.392 e. The molecule has 0 unspecified atom stereocenters. The van der Waals surface area contributed by atoms with Gasteiger partial charge in [0, 0.05) is 69.0 Å². The lowest BCUT2D eigenvalue weighted by Gasteiger charge is -2.45. The minimum absolute atomic E-state index is 0.117. The number of pyridine rings is 2. The van der Waals surface area contributed by atoms with E-state index in [-0.39, 0.29) is 24.1 Å². The number of nitrogens with one attached hydrogen (secondary N) is 1. The van der Waals surface area contributed by atoms with Crippen molar-refractivity contribution in [1.82, 2.24) is 29.0 Å². The predicted octanol–water partition coefficient (Wildman–Crippen LogP) is 2.34. The van der Waals surface area contributed by atoms with E-state index in [0.717, 1.165) is 58.5 Å². The van der Waals surface area contributed by atoms with Gasteiger partial charge >= 0.3 is 0 Å². The topological polar surface area (TPSA) is 134 Å². The van der Waals surface area contributed by atoms with Gasteiger partial charge in [0.05, 0.1) is 38.3 Å². The third-order valence-electron chi connectivity index (χ3n) is 10.3. The fraction of sp³-hybridized carbons (Fsp3) is 0.417. The lowest BCUT2D eigenvalue weighted by Crippen LogP contribution is -2.60. The van der Waals surface area contributed by atoms with Crippen LogP contribution in [-0.4, -0.2) is 91.5 Å². The largest absolute Gasteiger partial charge is 0.392 e. The average Bonchev–Trinajstić information content (AvgIpc) is 3.49. The molecule has 4 aromatic heterocycles. The van der Waals surface area contributed by atoms with E-state index in [2.05, 4.69) is 40.6 Å². The quantitative estimate of drug-likeness (QED) is 0.285. The summed E-state index contributed by atoms with van der Waals surface area (Å²) < 4.78 is 9.00. The van der Waals surface area contributed by atoms with E-state index in [0.29, 0.717) is 64.7 Å². The number of aromatic nitrogens is 5. The molecule has 8 rings (SSSR count). The molecule has 0 bridgehead atoms. The standard InChI is InChI=1S/C36H39N9O4/c1-3-25-19-42(26-21-49-22-26)10-11-43(25)33-17-38-32(16-39-33)40-29-14-24(18-41(2)35(29)47)27-8-9-37-34(28(27)20-46)45-13-12-44-30-7-5-4-6-23(30)15-31(44)36(45)48/h1,8-9,14-18,25-26,46H,4-7,10-13,19-22H2,2H3,(H,38,40)/t25-/m0/s1. The minimum atomic E-state index is -0.334. The summed E-state index contributed by atoms with van der Waals surface area (Å²) in [5.41, 5.74) is 5.12. The Morgan fingerprint density at radius 1 is 1.06 bits per heavy atom. The summed E-state index contributed by atoms with van der Waals surface area (Å²) in [7, 11) is 1.67. The molecule has 1 aliphatic carbocycles. The van der Waals surface area contributed by atoms with Crippen molar-refractivity contribution < 1.29 is 14.6 Å². The van der Waals surface area contributed by atoms with Gasteiger partial charge in [0.15, 0.2) is 0 Å². The molecule has 13 nitrogen and oxygen atoms in total. The van der Waals surface area contributed by atoms with E-state index >= 15 is 0 Å². The van der Waals surface area contributed by atoms with Crippen molar-refractivity contribution in [3.05, 3.63) is 75.9 Å². The van der Waals surface area contributed by atoms with Crippen LogP contribution in [0.25, 0.3) is 11.1 Å². The molecule has 1 atom stereocenters. The molecule has 252 valence electrons. The van der Waals surface area contributed by atoms with Crippen molar-refractivity contribution in [3.8, 4) is 23.5 Å². The Morgan fingerprint density at radius 2 is 1.92 bits per heavy atom. The highest BCUT2D eigenvalue weighted by Gasteiger charge is 2.34. The number of aliphatic hydroxyl groups is 1. The van der Waals surface area contributed by atoms with Crippen LogP contribution in [0.2, 0.25) is 0 Å². The predicted molar refractivity (Wildman–Crippen MR) is 185 cm³/mol. The molecule has 0 spiro atoms. The third kappa shape index (κ3) is 5.55. The zero-order chi connectivity index (χ0) is 33.6. The Bertz CT molecular complexity index is 2010. The summed E-state index contributed by atoms with van der Waals surface area (Å²) in [5.74, 6) is 4.29. The van der Waals surface area contributed by atoms with Gasteiger partial charge in [-0.3, -0.25) is 19.4 Å². The van der Waals surface area contributed by atoms with Crippen LogP contribution in [0.5, 0.6) is 0 Å². The van der Waals surface area contributed by atoms with Gasteiger partial charge in [-0.1, -0.05) is 5.92 Å². The van der Waals surface area contributed by atoms with Crippen LogP contribution < -0.4 is 20.7 Å². The number of hydrogen-bond donors (Lipinski definition) is 2. The van der Waals surface area contributed by atoms with Crippen molar-refractivity contribution in [2.75, 3.05) is 54.5 Å². The van der Waals surface area contributed by atoms with Gasteiger partial charge in [0.1, 0.15) is 34.9 Å². The van der Waals surface area contributed by atoms with Gasteiger partial charge in [-0.2, -0.15) is 0 Å². The van der Waals surface area contributed by atoms with Crippen LogP contribution in [0, 0.1) is 12.3 Å². The first-order valence-electron chi connectivity index (χ1n) is 16.9. The number of carbonyl (C=O) groups is 1. The molecule has 7 heterocycles. The molecule has 0 aromatic carbocycles. The maximum absolute atomic E-state index is 13.8. The van der Waals surface area contributed by atoms with Crippen LogP contribution in [0.1, 0.15) is 40.2 Å². The molecule has 0 saturated carbocycles. The van der Waals surface area contributed by atoms with Gasteiger partial charge in [-0.15, -0.1) is 6.42 Å². The zero-order valence-electron chi connectivity index (χ0n) is 27.5. The maximum Gasteiger partial charge on any atom is 0.276 e. The van der Waals surface area contributed by atoms with Crippen LogP contribution >= 0.6 is 0 Å². The van der Waals surface area contributed by atoms with Crippen molar-refractivity contribution >= 4 is 29.0 Å². The number of terminal acetylenes is 1. The van der Waals surface area contributed by atoms with Gasteiger partial charge in [-0.25, -0.2) is 15.0 Å². The second-order valence-corrected chi connectivity index (χ2v) is 13.1. The monoisotopic (exact) mass is 661 g/mol. The average molecular weight is 662 g/mol. The zero-order valence-corrected chi connectivity index (χ0v) is 27.5. The van der Waals surface area contributed by atoms with E-state index in [4.69, 9.17) is 11.2 Å². The molecule has 0 radical (unpaired) electrons. The van der Waals surface area contributed by atoms with E-state index < -0.39 is 0 Å². The highest BCUT2D eigenvalue weighted by molar-refractivity contribution is 6.06. The Hall–Kier alpha value is -5.03. The summed E-state index contributed by atoms with van der Waals surface area (Å²) in [6, 6.07) is 5.85. The molecule has 3 aliphatic heterocycles. The molecular weight excluding hydrogens is 622 g/mol. The molecule has 4 aromatic rings. The molecule has 2 saturated heterocycles. The first-order chi connectivity index (χ1) is 23.9. The SMILES string of the molecule is C#C[C@H]1CN(C2COC2)CCN1c1cnc(Nc2cc(-c3ccnc(N4CCn5c(cc6c5CCCC6)C4=O)c3CO)cn(C)c2=O)cn1. The summed E-state index contributed by atoms with van der Waals surface area (Å²) in [6.45, 7) is 4.63. The molecule has 1 amide bonds. The summed E-state index contributed by atoms with van der Waals surface area (Å²) in [6.07, 6.45) is 16.8. The fourth-order valence-corrected chi connectivity index (χ4v) is 7.59. The first-order valence-corrected chi connectivity index (χ1v) is 16.9. The molecule has 2 fully saturated rings. The van der Waals surface area contributed by atoms with Crippen LogP contribution in [0.4, 0.5) is 23.1 Å². The third-order valence-corrected chi connectivity index (χ3v) is 10.3. The Kier molecular flexibility index (Phi) is 8.15. The normalized spacial score (nSPS) is 19.6. The molecule has 2 N–H and O–H groups in total. The number of piperazine rings is 1. The highest BCUT2D eigenvalue weighted by Crippen LogP contribution is 2.34. The second kappa shape index (κ2) is 12.8. The van der Waals surface area contributed by atoms with E-state index in [1.54, 1.807) is 48.9 Å². The van der Waals surface area contributed by atoms with Crippen LogP contribution in [-0.2, 0) is 37.8 Å². The lowest BCUT2D eigenvalue weighted by molar-refractivity contribution is -0.0680. The number of rotatable bonds is 7. The maximum atomic E-state index is 13.8. The van der Waals surface area contributed by atoms with E-state index in [1.807, 2.05) is 6.07 Å². The van der Waals surface area contributed by atoms with Crippen LogP contribution in [0.15, 0.2) is 47.8 Å². The summed E-state index contributed by atoms with van der Waals surface area (Å²) >= 11 is 0. The van der Waals surface area contributed by atoms with Crippen LogP contribution in [0.3, 0.4) is 0 Å². The van der Waals surface area contributed by atoms with Gasteiger partial charge in [0.25, 0.3) is 11.5 Å².